The molecule has 1 amide bonds. The van der Waals surface area contributed by atoms with Crippen molar-refractivity contribution in [1.29, 1.82) is 0 Å². The van der Waals surface area contributed by atoms with Crippen LogP contribution in [0.25, 0.3) is 0 Å². The van der Waals surface area contributed by atoms with Crippen LogP contribution in [0, 0.1) is 0 Å². The van der Waals surface area contributed by atoms with Crippen molar-refractivity contribution in [3.05, 3.63) is 65.7 Å². The molecular formula is C19H23NO2. The molecule has 0 radical (unpaired) electrons. The van der Waals surface area contributed by atoms with Gasteiger partial charge in [-0.15, -0.1) is 0 Å². The van der Waals surface area contributed by atoms with Crippen LogP contribution in [0.4, 0.5) is 0 Å². The van der Waals surface area contributed by atoms with Crippen molar-refractivity contribution >= 4 is 5.91 Å². The van der Waals surface area contributed by atoms with Crippen LogP contribution in [0.3, 0.4) is 0 Å². The minimum absolute atomic E-state index is 0.0552. The number of amides is 1. The van der Waals surface area contributed by atoms with Crippen LogP contribution in [0.5, 0.6) is 5.75 Å². The lowest BCUT2D eigenvalue weighted by atomic mass is 10.1. The SMILES string of the molecule is COc1ccccc1[C@H](C)NC(=O)CCCc1ccccc1. The predicted molar refractivity (Wildman–Crippen MR) is 88.9 cm³/mol. The number of hydrogen-bond acceptors (Lipinski definition) is 2. The van der Waals surface area contributed by atoms with Gasteiger partial charge >= 0.3 is 0 Å². The van der Waals surface area contributed by atoms with Crippen LogP contribution in [0.15, 0.2) is 54.6 Å². The van der Waals surface area contributed by atoms with Crippen LogP contribution in [-0.4, -0.2) is 13.0 Å². The summed E-state index contributed by atoms with van der Waals surface area (Å²) < 4.78 is 5.34. The highest BCUT2D eigenvalue weighted by atomic mass is 16.5. The van der Waals surface area contributed by atoms with E-state index < -0.39 is 0 Å². The molecule has 0 aliphatic heterocycles. The highest BCUT2D eigenvalue weighted by Crippen LogP contribution is 2.24. The number of carbonyl (C=O) groups excluding carboxylic acids is 1. The van der Waals surface area contributed by atoms with Crippen molar-refractivity contribution in [3.8, 4) is 5.75 Å². The van der Waals surface area contributed by atoms with Crippen molar-refractivity contribution in [3.63, 3.8) is 0 Å². The van der Waals surface area contributed by atoms with E-state index in [4.69, 9.17) is 4.74 Å². The molecule has 116 valence electrons. The number of methoxy groups -OCH3 is 1. The first-order chi connectivity index (χ1) is 10.7. The summed E-state index contributed by atoms with van der Waals surface area (Å²) >= 11 is 0. The topological polar surface area (TPSA) is 38.3 Å². The van der Waals surface area contributed by atoms with Crippen LogP contribution >= 0.6 is 0 Å². The van der Waals surface area contributed by atoms with Crippen LogP contribution in [0.2, 0.25) is 0 Å². The number of benzene rings is 2. The monoisotopic (exact) mass is 297 g/mol. The number of aryl methyl sites for hydroxylation is 1. The van der Waals surface area contributed by atoms with E-state index in [1.165, 1.54) is 5.56 Å². The highest BCUT2D eigenvalue weighted by molar-refractivity contribution is 5.76. The van der Waals surface area contributed by atoms with Crippen molar-refractivity contribution in [2.24, 2.45) is 0 Å². The molecule has 0 bridgehead atoms. The summed E-state index contributed by atoms with van der Waals surface area (Å²) in [7, 11) is 1.65. The van der Waals surface area contributed by atoms with Gasteiger partial charge in [-0.1, -0.05) is 48.5 Å². The fraction of sp³-hybridized carbons (Fsp3) is 0.316. The van der Waals surface area contributed by atoms with E-state index in [1.54, 1.807) is 7.11 Å². The molecule has 2 aromatic carbocycles. The Kier molecular flexibility index (Phi) is 6.01. The first-order valence-electron chi connectivity index (χ1n) is 7.67. The van der Waals surface area contributed by atoms with Crippen LogP contribution in [0.1, 0.15) is 36.9 Å². The lowest BCUT2D eigenvalue weighted by Gasteiger charge is -2.17. The Labute approximate surface area is 132 Å². The second-order valence-electron chi connectivity index (χ2n) is 5.37. The molecule has 0 saturated carbocycles. The summed E-state index contributed by atoms with van der Waals surface area (Å²) in [6.07, 6.45) is 2.32. The average molecular weight is 297 g/mol. The molecule has 0 aliphatic rings. The third-order valence-corrected chi connectivity index (χ3v) is 3.70. The molecule has 0 saturated heterocycles. The molecule has 0 heterocycles. The molecule has 1 N–H and O–H groups in total. The van der Waals surface area contributed by atoms with Crippen LogP contribution in [-0.2, 0) is 11.2 Å². The van der Waals surface area contributed by atoms with Crippen molar-refractivity contribution in [1.82, 2.24) is 5.32 Å². The molecule has 0 aromatic heterocycles. The minimum atomic E-state index is -0.0552. The van der Waals surface area contributed by atoms with Gasteiger partial charge in [0.25, 0.3) is 0 Å². The Morgan fingerprint density at radius 3 is 2.50 bits per heavy atom. The third kappa shape index (κ3) is 4.62. The first kappa shape index (κ1) is 16.1. The summed E-state index contributed by atoms with van der Waals surface area (Å²) in [5.41, 5.74) is 2.27. The van der Waals surface area contributed by atoms with E-state index >= 15 is 0 Å². The summed E-state index contributed by atoms with van der Waals surface area (Å²) in [6.45, 7) is 1.98. The van der Waals surface area contributed by atoms with E-state index in [2.05, 4.69) is 17.4 Å². The van der Waals surface area contributed by atoms with Gasteiger partial charge in [-0.05, 0) is 31.4 Å². The average Bonchev–Trinajstić information content (AvgIpc) is 2.55. The number of carbonyl (C=O) groups is 1. The first-order valence-corrected chi connectivity index (χ1v) is 7.67. The van der Waals surface area contributed by atoms with Gasteiger partial charge in [-0.2, -0.15) is 0 Å². The molecule has 0 aliphatic carbocycles. The van der Waals surface area contributed by atoms with E-state index in [1.807, 2.05) is 49.4 Å². The van der Waals surface area contributed by atoms with E-state index in [-0.39, 0.29) is 11.9 Å². The second kappa shape index (κ2) is 8.23. The van der Waals surface area contributed by atoms with Gasteiger partial charge in [0.2, 0.25) is 5.91 Å². The number of ether oxygens (including phenoxy) is 1. The summed E-state index contributed by atoms with van der Waals surface area (Å²) in [5.74, 6) is 0.883. The number of nitrogens with one attached hydrogen (secondary N) is 1. The molecule has 0 fully saturated rings. The van der Waals surface area contributed by atoms with Crippen molar-refractivity contribution < 1.29 is 9.53 Å². The van der Waals surface area contributed by atoms with Gasteiger partial charge in [0.1, 0.15) is 5.75 Å². The van der Waals surface area contributed by atoms with Crippen LogP contribution < -0.4 is 10.1 Å². The van der Waals surface area contributed by atoms with Gasteiger partial charge in [0, 0.05) is 12.0 Å². The maximum absolute atomic E-state index is 12.1. The van der Waals surface area contributed by atoms with E-state index in [9.17, 15) is 4.79 Å². The molecule has 0 spiro atoms. The highest BCUT2D eigenvalue weighted by Gasteiger charge is 2.13. The quantitative estimate of drug-likeness (QED) is 0.842. The summed E-state index contributed by atoms with van der Waals surface area (Å²) in [6, 6.07) is 18.0. The van der Waals surface area contributed by atoms with Gasteiger partial charge in [0.05, 0.1) is 13.2 Å². The smallest absolute Gasteiger partial charge is 0.220 e. The van der Waals surface area contributed by atoms with Gasteiger partial charge in [0.15, 0.2) is 0 Å². The Balaban J connectivity index is 1.81. The summed E-state index contributed by atoms with van der Waals surface area (Å²) in [4.78, 5) is 12.1. The maximum atomic E-state index is 12.1. The molecule has 0 unspecified atom stereocenters. The normalized spacial score (nSPS) is 11.7. The van der Waals surface area contributed by atoms with Crippen molar-refractivity contribution in [2.45, 2.75) is 32.2 Å². The molecule has 2 rings (SSSR count). The zero-order chi connectivity index (χ0) is 15.8. The fourth-order valence-corrected chi connectivity index (χ4v) is 2.51. The maximum Gasteiger partial charge on any atom is 0.220 e. The van der Waals surface area contributed by atoms with Gasteiger partial charge in [-0.25, -0.2) is 0 Å². The third-order valence-electron chi connectivity index (χ3n) is 3.70. The zero-order valence-corrected chi connectivity index (χ0v) is 13.2. The molecule has 22 heavy (non-hydrogen) atoms. The zero-order valence-electron chi connectivity index (χ0n) is 13.2. The standard InChI is InChI=1S/C19H23NO2/c1-15(17-12-6-7-13-18(17)22-2)20-19(21)14-8-11-16-9-4-3-5-10-16/h3-7,9-10,12-13,15H,8,11,14H2,1-2H3,(H,20,21)/t15-/m0/s1. The van der Waals surface area contributed by atoms with Crippen molar-refractivity contribution in [2.75, 3.05) is 7.11 Å². The van der Waals surface area contributed by atoms with Gasteiger partial charge < -0.3 is 10.1 Å². The predicted octanol–water partition coefficient (Wildman–Crippen LogP) is 3.90. The molecule has 3 nitrogen and oxygen atoms in total. The Bertz CT molecular complexity index is 595. The fourth-order valence-electron chi connectivity index (χ4n) is 2.51. The lowest BCUT2D eigenvalue weighted by Crippen LogP contribution is -2.26. The Morgan fingerprint density at radius 1 is 1.09 bits per heavy atom. The Morgan fingerprint density at radius 2 is 1.77 bits per heavy atom. The number of rotatable bonds is 7. The Hall–Kier alpha value is -2.29. The van der Waals surface area contributed by atoms with E-state index in [0.29, 0.717) is 6.42 Å². The molecular weight excluding hydrogens is 274 g/mol. The second-order valence-corrected chi connectivity index (χ2v) is 5.37. The van der Waals surface area contributed by atoms with E-state index in [0.717, 1.165) is 24.2 Å². The number of hydrogen-bond donors (Lipinski definition) is 1. The lowest BCUT2D eigenvalue weighted by molar-refractivity contribution is -0.121. The molecule has 3 heteroatoms. The van der Waals surface area contributed by atoms with Gasteiger partial charge in [-0.3, -0.25) is 4.79 Å². The minimum Gasteiger partial charge on any atom is -0.496 e. The molecule has 2 aromatic rings. The number of para-hydroxylation sites is 1. The largest absolute Gasteiger partial charge is 0.496 e. The molecule has 1 atom stereocenters. The summed E-state index contributed by atoms with van der Waals surface area (Å²) in [5, 5.41) is 3.04.